The van der Waals surface area contributed by atoms with Gasteiger partial charge in [0, 0.05) is 0 Å². The van der Waals surface area contributed by atoms with Crippen molar-refractivity contribution >= 4 is 17.6 Å². The molecule has 0 saturated carbocycles. The zero-order valence-electron chi connectivity index (χ0n) is 11.4. The third-order valence-electron chi connectivity index (χ3n) is 2.89. The summed E-state index contributed by atoms with van der Waals surface area (Å²) in [5, 5.41) is 9.99. The molecule has 0 radical (unpaired) electrons. The Bertz CT molecular complexity index is 704. The van der Waals surface area contributed by atoms with Crippen molar-refractivity contribution < 1.29 is 19.4 Å². The van der Waals surface area contributed by atoms with Gasteiger partial charge >= 0.3 is 0 Å². The van der Waals surface area contributed by atoms with Crippen LogP contribution >= 0.6 is 0 Å². The van der Waals surface area contributed by atoms with Crippen LogP contribution in [0.3, 0.4) is 0 Å². The van der Waals surface area contributed by atoms with Gasteiger partial charge in [-0.25, -0.2) is 4.79 Å². The number of phenols is 1. The number of isocyanates is 1. The van der Waals surface area contributed by atoms with Crippen molar-refractivity contribution in [2.24, 2.45) is 4.99 Å². The second kappa shape index (κ2) is 6.50. The lowest BCUT2D eigenvalue weighted by Gasteiger charge is -2.11. The Labute approximate surface area is 121 Å². The van der Waals surface area contributed by atoms with Gasteiger partial charge in [-0.05, 0) is 24.6 Å². The van der Waals surface area contributed by atoms with Gasteiger partial charge in [0.25, 0.3) is 0 Å². The quantitative estimate of drug-likeness (QED) is 0.519. The molecule has 5 heteroatoms. The van der Waals surface area contributed by atoms with Crippen LogP contribution in [0, 0.1) is 0 Å². The Hall–Kier alpha value is -2.91. The summed E-state index contributed by atoms with van der Waals surface area (Å²) in [5.74, 6) is -0.495. The molecule has 0 atom stereocenters. The topological polar surface area (TPSA) is 76.0 Å². The molecular formula is C16H13NO4. The summed E-state index contributed by atoms with van der Waals surface area (Å²) in [6, 6.07) is 12.3. The first-order valence-electron chi connectivity index (χ1n) is 6.25. The van der Waals surface area contributed by atoms with Crippen LogP contribution in [-0.2, 0) is 11.4 Å². The number of phenolic OH excluding ortho intramolecular Hbond substituents is 1. The molecule has 5 nitrogen and oxygen atoms in total. The van der Waals surface area contributed by atoms with E-state index in [1.165, 1.54) is 25.1 Å². The van der Waals surface area contributed by atoms with E-state index in [2.05, 4.69) is 4.99 Å². The smallest absolute Gasteiger partial charge is 0.240 e. The first-order chi connectivity index (χ1) is 10.1. The second-order valence-electron chi connectivity index (χ2n) is 4.34. The Kier molecular flexibility index (Phi) is 4.49. The van der Waals surface area contributed by atoms with Crippen molar-refractivity contribution in [1.29, 1.82) is 0 Å². The summed E-state index contributed by atoms with van der Waals surface area (Å²) in [6.07, 6.45) is 1.35. The first kappa shape index (κ1) is 14.5. The van der Waals surface area contributed by atoms with Gasteiger partial charge in [0.15, 0.2) is 17.2 Å². The minimum absolute atomic E-state index is 0.0797. The first-order valence-corrected chi connectivity index (χ1v) is 6.25. The number of ketones is 1. The summed E-state index contributed by atoms with van der Waals surface area (Å²) in [7, 11) is 0. The van der Waals surface area contributed by atoms with E-state index in [9.17, 15) is 14.7 Å². The molecule has 106 valence electrons. The van der Waals surface area contributed by atoms with Crippen LogP contribution in [0.4, 0.5) is 5.69 Å². The third-order valence-corrected chi connectivity index (χ3v) is 2.89. The van der Waals surface area contributed by atoms with Crippen LogP contribution in [0.5, 0.6) is 11.5 Å². The normalized spacial score (nSPS) is 9.76. The minimum atomic E-state index is -0.378. The van der Waals surface area contributed by atoms with E-state index in [4.69, 9.17) is 4.74 Å². The molecule has 0 fully saturated rings. The molecule has 0 aliphatic rings. The second-order valence-corrected chi connectivity index (χ2v) is 4.34. The highest BCUT2D eigenvalue weighted by atomic mass is 16.5. The fourth-order valence-corrected chi connectivity index (χ4v) is 1.85. The molecule has 21 heavy (non-hydrogen) atoms. The zero-order valence-corrected chi connectivity index (χ0v) is 11.4. The molecule has 2 aromatic rings. The largest absolute Gasteiger partial charge is 0.505 e. The van der Waals surface area contributed by atoms with Gasteiger partial charge in [0.05, 0.1) is 5.56 Å². The highest BCUT2D eigenvalue weighted by Gasteiger charge is 2.16. The highest BCUT2D eigenvalue weighted by molar-refractivity contribution is 5.99. The molecular weight excluding hydrogens is 270 g/mol. The molecule has 0 heterocycles. The van der Waals surface area contributed by atoms with Crippen LogP contribution < -0.4 is 4.74 Å². The number of ether oxygens (including phenoxy) is 1. The number of aromatic hydroxyl groups is 1. The predicted octanol–water partition coefficient (Wildman–Crippen LogP) is 3.14. The lowest BCUT2D eigenvalue weighted by atomic mass is 10.1. The van der Waals surface area contributed by atoms with Crippen LogP contribution in [0.15, 0.2) is 47.5 Å². The third kappa shape index (κ3) is 3.35. The van der Waals surface area contributed by atoms with Crippen LogP contribution in [0.2, 0.25) is 0 Å². The van der Waals surface area contributed by atoms with Crippen LogP contribution in [0.25, 0.3) is 0 Å². The minimum Gasteiger partial charge on any atom is -0.505 e. The van der Waals surface area contributed by atoms with Gasteiger partial charge in [0.2, 0.25) is 6.08 Å². The lowest BCUT2D eigenvalue weighted by Crippen LogP contribution is -1.98. The van der Waals surface area contributed by atoms with Crippen molar-refractivity contribution in [3.05, 3.63) is 53.6 Å². The van der Waals surface area contributed by atoms with E-state index in [1.807, 2.05) is 30.3 Å². The molecule has 0 spiro atoms. The average Bonchev–Trinajstić information content (AvgIpc) is 2.48. The Morgan fingerprint density at radius 3 is 2.57 bits per heavy atom. The molecule has 2 aromatic carbocycles. The maximum Gasteiger partial charge on any atom is 0.240 e. The number of nitrogens with zero attached hydrogens (tertiary/aromatic N) is 1. The number of rotatable bonds is 5. The van der Waals surface area contributed by atoms with E-state index in [1.54, 1.807) is 0 Å². The average molecular weight is 283 g/mol. The maximum atomic E-state index is 11.4. The molecule has 0 unspecified atom stereocenters. The standard InChI is InChI=1S/C16H13NO4/c1-11(19)13-7-8-14(15(16(13)20)17-10-18)21-9-12-5-3-2-4-6-12/h2-8,20H,9H2,1H3. The van der Waals surface area contributed by atoms with E-state index in [-0.39, 0.29) is 35.1 Å². The lowest BCUT2D eigenvalue weighted by molar-refractivity contribution is 0.101. The highest BCUT2D eigenvalue weighted by Crippen LogP contribution is 2.39. The Morgan fingerprint density at radius 2 is 1.95 bits per heavy atom. The Morgan fingerprint density at radius 1 is 1.24 bits per heavy atom. The maximum absolute atomic E-state index is 11.4. The molecule has 2 rings (SSSR count). The van der Waals surface area contributed by atoms with Crippen molar-refractivity contribution in [2.45, 2.75) is 13.5 Å². The zero-order chi connectivity index (χ0) is 15.2. The molecule has 0 bridgehead atoms. The number of carbonyl (C=O) groups is 1. The van der Waals surface area contributed by atoms with Crippen molar-refractivity contribution in [1.82, 2.24) is 0 Å². The van der Waals surface area contributed by atoms with Gasteiger partial charge in [-0.15, -0.1) is 0 Å². The van der Waals surface area contributed by atoms with Crippen molar-refractivity contribution in [2.75, 3.05) is 0 Å². The summed E-state index contributed by atoms with van der Waals surface area (Å²) >= 11 is 0. The van der Waals surface area contributed by atoms with Crippen LogP contribution in [-0.4, -0.2) is 17.0 Å². The van der Waals surface area contributed by atoms with E-state index in [0.29, 0.717) is 0 Å². The van der Waals surface area contributed by atoms with Gasteiger partial charge < -0.3 is 9.84 Å². The van der Waals surface area contributed by atoms with Gasteiger partial charge in [-0.3, -0.25) is 4.79 Å². The summed E-state index contributed by atoms with van der Waals surface area (Å²) in [5.41, 5.74) is 0.915. The Balaban J connectivity index is 2.33. The summed E-state index contributed by atoms with van der Waals surface area (Å²) in [4.78, 5) is 25.3. The fraction of sp³-hybridized carbons (Fsp3) is 0.125. The molecule has 1 N–H and O–H groups in total. The number of Topliss-reactive ketones (excluding diaryl/α,β-unsaturated/α-hetero) is 1. The van der Waals surface area contributed by atoms with Gasteiger partial charge in [-0.2, -0.15) is 4.99 Å². The molecule has 0 aliphatic carbocycles. The summed E-state index contributed by atoms with van der Waals surface area (Å²) in [6.45, 7) is 1.56. The van der Waals surface area contributed by atoms with E-state index < -0.39 is 0 Å². The van der Waals surface area contributed by atoms with Gasteiger partial charge in [-0.1, -0.05) is 30.3 Å². The molecule has 0 aliphatic heterocycles. The fourth-order valence-electron chi connectivity index (χ4n) is 1.85. The van der Waals surface area contributed by atoms with E-state index >= 15 is 0 Å². The molecule has 0 amide bonds. The molecule has 0 aromatic heterocycles. The number of hydrogen-bond donors (Lipinski definition) is 1. The number of hydrogen-bond acceptors (Lipinski definition) is 5. The summed E-state index contributed by atoms with van der Waals surface area (Å²) < 4.78 is 5.55. The van der Waals surface area contributed by atoms with E-state index in [0.717, 1.165) is 5.56 Å². The number of benzene rings is 2. The monoisotopic (exact) mass is 283 g/mol. The molecule has 0 saturated heterocycles. The van der Waals surface area contributed by atoms with Crippen molar-refractivity contribution in [3.63, 3.8) is 0 Å². The SMILES string of the molecule is CC(=O)c1ccc(OCc2ccccc2)c(N=C=O)c1O. The predicted molar refractivity (Wildman–Crippen MR) is 76.7 cm³/mol. The van der Waals surface area contributed by atoms with Gasteiger partial charge in [0.1, 0.15) is 12.4 Å². The van der Waals surface area contributed by atoms with Crippen molar-refractivity contribution in [3.8, 4) is 11.5 Å². The number of carbonyl (C=O) groups excluding carboxylic acids is 2. The number of aliphatic imine (C=N–C) groups is 1. The van der Waals surface area contributed by atoms with Crippen LogP contribution in [0.1, 0.15) is 22.8 Å².